The topological polar surface area (TPSA) is 124 Å². The molecule has 212 valence electrons. The molecule has 1 fully saturated rings. The average molecular weight is 574 g/mol. The van der Waals surface area contributed by atoms with Crippen LogP contribution in [0, 0.1) is 13.8 Å². The van der Waals surface area contributed by atoms with Crippen molar-refractivity contribution in [3.05, 3.63) is 105 Å². The van der Waals surface area contributed by atoms with Crippen LogP contribution >= 0.6 is 0 Å². The summed E-state index contributed by atoms with van der Waals surface area (Å²) in [4.78, 5) is 38.0. The van der Waals surface area contributed by atoms with Crippen LogP contribution in [-0.2, 0) is 21.3 Å². The van der Waals surface area contributed by atoms with Crippen LogP contribution < -0.4 is 15.5 Å². The smallest absolute Gasteiger partial charge is 0.411 e. The molecule has 1 aromatic heterocycles. The molecule has 2 amide bonds. The summed E-state index contributed by atoms with van der Waals surface area (Å²) < 4.78 is 35.0. The van der Waals surface area contributed by atoms with Crippen LogP contribution in [0.1, 0.15) is 52.7 Å². The fourth-order valence-electron chi connectivity index (χ4n) is 5.10. The summed E-state index contributed by atoms with van der Waals surface area (Å²) in [5, 5.41) is 3.28. The number of ether oxygens (including phenoxy) is 1. The zero-order valence-corrected chi connectivity index (χ0v) is 23.7. The van der Waals surface area contributed by atoms with E-state index >= 15 is 0 Å². The molecule has 0 radical (unpaired) electrons. The van der Waals surface area contributed by atoms with Crippen LogP contribution in [-0.4, -0.2) is 31.1 Å². The number of pyridine rings is 1. The van der Waals surface area contributed by atoms with E-state index < -0.39 is 22.0 Å². The van der Waals surface area contributed by atoms with Crippen LogP contribution in [0.25, 0.3) is 10.9 Å². The van der Waals surface area contributed by atoms with Crippen LogP contribution in [0.3, 0.4) is 0 Å². The Morgan fingerprint density at radius 3 is 2.37 bits per heavy atom. The molecule has 41 heavy (non-hydrogen) atoms. The fourth-order valence-corrected chi connectivity index (χ4v) is 6.32. The van der Waals surface area contributed by atoms with Crippen molar-refractivity contribution in [2.24, 2.45) is 0 Å². The molecule has 0 unspecified atom stereocenters. The van der Waals surface area contributed by atoms with Gasteiger partial charge in [-0.25, -0.2) is 17.9 Å². The van der Waals surface area contributed by atoms with Gasteiger partial charge in [0.15, 0.2) is 5.43 Å². The highest BCUT2D eigenvalue weighted by atomic mass is 32.2. The molecule has 0 spiro atoms. The Morgan fingerprint density at radius 2 is 1.66 bits per heavy atom. The number of hydrogen-bond acceptors (Lipinski definition) is 6. The van der Waals surface area contributed by atoms with Gasteiger partial charge in [0.25, 0.3) is 15.9 Å². The molecular weight excluding hydrogens is 542 g/mol. The molecule has 0 bridgehead atoms. The minimum Gasteiger partial charge on any atom is -0.446 e. The molecule has 3 aromatic carbocycles. The molecule has 1 saturated carbocycles. The summed E-state index contributed by atoms with van der Waals surface area (Å²) in [6, 6.07) is 18.1. The lowest BCUT2D eigenvalue weighted by atomic mass is 10.1. The number of fused-ring (bicyclic) bond motifs is 1. The summed E-state index contributed by atoms with van der Waals surface area (Å²) in [7, 11) is -4.02. The molecule has 9 nitrogen and oxygen atoms in total. The Balaban J connectivity index is 1.34. The van der Waals surface area contributed by atoms with Gasteiger partial charge in [-0.1, -0.05) is 30.3 Å². The second kappa shape index (κ2) is 11.6. The molecule has 0 aliphatic heterocycles. The molecule has 2 N–H and O–H groups in total. The van der Waals surface area contributed by atoms with Crippen molar-refractivity contribution in [3.8, 4) is 0 Å². The number of sulfonamides is 1. The van der Waals surface area contributed by atoms with E-state index in [0.29, 0.717) is 34.3 Å². The van der Waals surface area contributed by atoms with Gasteiger partial charge in [-0.15, -0.1) is 0 Å². The third-order valence-corrected chi connectivity index (χ3v) is 8.75. The highest BCUT2D eigenvalue weighted by molar-refractivity contribution is 7.90. The molecule has 1 aliphatic carbocycles. The zero-order chi connectivity index (χ0) is 29.1. The van der Waals surface area contributed by atoms with E-state index in [4.69, 9.17) is 4.74 Å². The molecular formula is C31H31N3O6S. The Kier molecular flexibility index (Phi) is 7.94. The summed E-state index contributed by atoms with van der Waals surface area (Å²) in [5.74, 6) is -0.732. The Bertz CT molecular complexity index is 1790. The number of nitrogens with zero attached hydrogens (tertiary/aromatic N) is 1. The van der Waals surface area contributed by atoms with Gasteiger partial charge < -0.3 is 9.30 Å². The number of hydrogen-bond donors (Lipinski definition) is 2. The SMILES string of the molecule is Cc1ccccc1S(=O)(=O)NC(=O)c1ccc(Cn2cc(C)c(=O)c3ccc(NC(=O)OC4CCCC4)cc32)cc1. The number of carbonyl (C=O) groups excluding carboxylic acids is 2. The van der Waals surface area contributed by atoms with E-state index in [1.165, 1.54) is 6.07 Å². The van der Waals surface area contributed by atoms with Crippen LogP contribution in [0.4, 0.5) is 10.5 Å². The van der Waals surface area contributed by atoms with Gasteiger partial charge in [-0.05, 0) is 87.1 Å². The number of benzene rings is 3. The quantitative estimate of drug-likeness (QED) is 0.310. The van der Waals surface area contributed by atoms with E-state index in [2.05, 4.69) is 10.0 Å². The molecule has 5 rings (SSSR count). The number of rotatable bonds is 7. The van der Waals surface area contributed by atoms with Crippen molar-refractivity contribution in [2.75, 3.05) is 5.32 Å². The minimum absolute atomic E-state index is 0.0473. The van der Waals surface area contributed by atoms with Crippen molar-refractivity contribution < 1.29 is 22.7 Å². The fraction of sp³-hybridized carbons (Fsp3) is 0.258. The molecule has 1 aliphatic rings. The van der Waals surface area contributed by atoms with Crippen molar-refractivity contribution in [1.29, 1.82) is 0 Å². The van der Waals surface area contributed by atoms with Gasteiger partial charge in [-0.3, -0.25) is 14.9 Å². The lowest BCUT2D eigenvalue weighted by Gasteiger charge is -2.15. The normalized spacial score (nSPS) is 13.7. The van der Waals surface area contributed by atoms with Gasteiger partial charge in [0, 0.05) is 34.9 Å². The molecule has 4 aromatic rings. The van der Waals surface area contributed by atoms with E-state index in [1.807, 2.05) is 4.57 Å². The van der Waals surface area contributed by atoms with Gasteiger partial charge in [-0.2, -0.15) is 0 Å². The average Bonchev–Trinajstić information content (AvgIpc) is 3.44. The first kappa shape index (κ1) is 28.1. The Morgan fingerprint density at radius 1 is 0.951 bits per heavy atom. The second-order valence-corrected chi connectivity index (χ2v) is 12.0. The lowest BCUT2D eigenvalue weighted by Crippen LogP contribution is -2.31. The zero-order valence-electron chi connectivity index (χ0n) is 22.8. The first-order chi connectivity index (χ1) is 19.6. The van der Waals surface area contributed by atoms with Gasteiger partial charge in [0.05, 0.1) is 10.4 Å². The number of aryl methyl sites for hydroxylation is 2. The van der Waals surface area contributed by atoms with Crippen molar-refractivity contribution in [2.45, 2.75) is 57.1 Å². The molecule has 1 heterocycles. The second-order valence-electron chi connectivity index (χ2n) is 10.3. The first-order valence-electron chi connectivity index (χ1n) is 13.4. The van der Waals surface area contributed by atoms with Crippen molar-refractivity contribution >= 4 is 38.6 Å². The maximum atomic E-state index is 12.8. The highest BCUT2D eigenvalue weighted by Gasteiger charge is 2.21. The van der Waals surface area contributed by atoms with Gasteiger partial charge >= 0.3 is 6.09 Å². The van der Waals surface area contributed by atoms with E-state index in [9.17, 15) is 22.8 Å². The Labute approximate surface area is 238 Å². The predicted octanol–water partition coefficient (Wildman–Crippen LogP) is 5.28. The Hall–Kier alpha value is -4.44. The molecule has 0 saturated heterocycles. The number of carbonyl (C=O) groups is 2. The maximum absolute atomic E-state index is 12.8. The molecule has 0 atom stereocenters. The summed E-state index contributed by atoms with van der Waals surface area (Å²) in [5.41, 5.74) is 3.17. The number of amides is 2. The number of anilines is 1. The highest BCUT2D eigenvalue weighted by Crippen LogP contribution is 2.23. The van der Waals surface area contributed by atoms with Crippen LogP contribution in [0.2, 0.25) is 0 Å². The van der Waals surface area contributed by atoms with E-state index in [-0.39, 0.29) is 22.0 Å². The standard InChI is InChI=1S/C31H31N3O6S/c1-20-7-3-6-10-28(20)41(38,39)33-30(36)23-13-11-22(12-14-23)19-34-18-21(2)29(35)26-16-15-24(17-27(26)34)32-31(37)40-25-8-4-5-9-25/h3,6-7,10-18,25H,4-5,8-9,19H2,1-2H3,(H,32,37)(H,33,36). The maximum Gasteiger partial charge on any atom is 0.411 e. The predicted molar refractivity (Wildman–Crippen MR) is 157 cm³/mol. The molecule has 10 heteroatoms. The van der Waals surface area contributed by atoms with Crippen molar-refractivity contribution in [1.82, 2.24) is 9.29 Å². The number of aromatic nitrogens is 1. The van der Waals surface area contributed by atoms with Crippen LogP contribution in [0.15, 0.2) is 82.6 Å². The van der Waals surface area contributed by atoms with E-state index in [0.717, 1.165) is 31.2 Å². The van der Waals surface area contributed by atoms with Crippen molar-refractivity contribution in [3.63, 3.8) is 0 Å². The van der Waals surface area contributed by atoms with E-state index in [1.54, 1.807) is 80.7 Å². The summed E-state index contributed by atoms with van der Waals surface area (Å²) in [6.45, 7) is 3.78. The largest absolute Gasteiger partial charge is 0.446 e. The number of nitrogens with one attached hydrogen (secondary N) is 2. The summed E-state index contributed by atoms with van der Waals surface area (Å²) >= 11 is 0. The van der Waals surface area contributed by atoms with Crippen LogP contribution in [0.5, 0.6) is 0 Å². The monoisotopic (exact) mass is 573 g/mol. The third-order valence-electron chi connectivity index (χ3n) is 7.26. The van der Waals surface area contributed by atoms with Gasteiger partial charge in [0.1, 0.15) is 6.10 Å². The van der Waals surface area contributed by atoms with Gasteiger partial charge in [0.2, 0.25) is 0 Å². The first-order valence-corrected chi connectivity index (χ1v) is 14.9. The minimum atomic E-state index is -4.02. The summed E-state index contributed by atoms with van der Waals surface area (Å²) in [6.07, 6.45) is 5.01. The third kappa shape index (κ3) is 6.33. The lowest BCUT2D eigenvalue weighted by molar-refractivity contribution is 0.0981.